The second-order valence-corrected chi connectivity index (χ2v) is 6.09. The monoisotopic (exact) mass is 270 g/mol. The Balaban J connectivity index is 2.26. The lowest BCUT2D eigenvalue weighted by molar-refractivity contribution is -0.123. The van der Waals surface area contributed by atoms with Gasteiger partial charge in [-0.2, -0.15) is 0 Å². The summed E-state index contributed by atoms with van der Waals surface area (Å²) in [4.78, 5) is 12.0. The molecule has 0 radical (unpaired) electrons. The zero-order valence-electron chi connectivity index (χ0n) is 12.7. The molecule has 3 N–H and O–H groups in total. The number of carbonyl (C=O) groups excluding carboxylic acids is 1. The quantitative estimate of drug-likeness (QED) is 0.744. The molecule has 4 nitrogen and oxygen atoms in total. The molecule has 112 valence electrons. The molecule has 0 aromatic rings. The number of nitrogens with one attached hydrogen (secondary N) is 1. The summed E-state index contributed by atoms with van der Waals surface area (Å²) < 4.78 is 5.49. The normalized spacial score (nSPS) is 25.3. The Morgan fingerprint density at radius 3 is 2.74 bits per heavy atom. The van der Waals surface area contributed by atoms with Crippen LogP contribution < -0.4 is 11.1 Å². The van der Waals surface area contributed by atoms with E-state index in [9.17, 15) is 4.79 Å². The predicted octanol–water partition coefficient (Wildman–Crippen LogP) is 2.07. The van der Waals surface area contributed by atoms with Gasteiger partial charge in [0.1, 0.15) is 0 Å². The third-order valence-corrected chi connectivity index (χ3v) is 4.07. The third-order valence-electron chi connectivity index (χ3n) is 4.07. The Morgan fingerprint density at radius 2 is 2.16 bits per heavy atom. The van der Waals surface area contributed by atoms with Crippen LogP contribution in [0.25, 0.3) is 0 Å². The van der Waals surface area contributed by atoms with Crippen molar-refractivity contribution in [3.63, 3.8) is 0 Å². The van der Waals surface area contributed by atoms with Crippen LogP contribution in [0.4, 0.5) is 0 Å². The van der Waals surface area contributed by atoms with Gasteiger partial charge >= 0.3 is 0 Å². The molecule has 1 rings (SSSR count). The Bertz CT molecular complexity index is 269. The lowest BCUT2D eigenvalue weighted by atomic mass is 9.88. The van der Waals surface area contributed by atoms with Gasteiger partial charge in [0.2, 0.25) is 5.91 Å². The molecule has 0 aliphatic carbocycles. The minimum atomic E-state index is 0.182. The van der Waals surface area contributed by atoms with Gasteiger partial charge in [-0.05, 0) is 51.0 Å². The summed E-state index contributed by atoms with van der Waals surface area (Å²) in [5, 5.41) is 3.14. The van der Waals surface area contributed by atoms with E-state index in [1.54, 1.807) is 0 Å². The smallest absolute Gasteiger partial charge is 0.220 e. The number of hydrogen-bond acceptors (Lipinski definition) is 3. The first-order valence-corrected chi connectivity index (χ1v) is 7.64. The van der Waals surface area contributed by atoms with Gasteiger partial charge in [0.05, 0.1) is 6.10 Å². The SMILES string of the molecule is CC1CC(NC(=O)CCC(CCN)C(C)C)CCO1. The molecule has 0 bridgehead atoms. The summed E-state index contributed by atoms with van der Waals surface area (Å²) >= 11 is 0. The molecule has 0 spiro atoms. The van der Waals surface area contributed by atoms with Crippen molar-refractivity contribution in [2.75, 3.05) is 13.2 Å². The summed E-state index contributed by atoms with van der Waals surface area (Å²) in [5.74, 6) is 1.34. The molecule has 1 amide bonds. The summed E-state index contributed by atoms with van der Waals surface area (Å²) in [5.41, 5.74) is 5.62. The molecule has 1 saturated heterocycles. The number of hydrogen-bond donors (Lipinski definition) is 2. The summed E-state index contributed by atoms with van der Waals surface area (Å²) in [6.07, 6.45) is 4.71. The highest BCUT2D eigenvalue weighted by atomic mass is 16.5. The van der Waals surface area contributed by atoms with Gasteiger partial charge < -0.3 is 15.8 Å². The van der Waals surface area contributed by atoms with Gasteiger partial charge in [0.15, 0.2) is 0 Å². The lowest BCUT2D eigenvalue weighted by Crippen LogP contribution is -2.41. The van der Waals surface area contributed by atoms with E-state index in [-0.39, 0.29) is 12.0 Å². The number of nitrogens with two attached hydrogens (primary N) is 1. The van der Waals surface area contributed by atoms with E-state index < -0.39 is 0 Å². The maximum atomic E-state index is 12.0. The van der Waals surface area contributed by atoms with Crippen LogP contribution in [0.5, 0.6) is 0 Å². The lowest BCUT2D eigenvalue weighted by Gasteiger charge is -2.28. The van der Waals surface area contributed by atoms with Crippen molar-refractivity contribution in [2.24, 2.45) is 17.6 Å². The van der Waals surface area contributed by atoms with Gasteiger partial charge in [-0.1, -0.05) is 13.8 Å². The van der Waals surface area contributed by atoms with Crippen molar-refractivity contribution < 1.29 is 9.53 Å². The van der Waals surface area contributed by atoms with E-state index in [1.165, 1.54) is 0 Å². The highest BCUT2D eigenvalue weighted by molar-refractivity contribution is 5.76. The minimum absolute atomic E-state index is 0.182. The van der Waals surface area contributed by atoms with Gasteiger partial charge in [-0.15, -0.1) is 0 Å². The van der Waals surface area contributed by atoms with E-state index in [0.29, 0.717) is 30.8 Å². The standard InChI is InChI=1S/C15H30N2O2/c1-11(2)13(6-8-16)4-5-15(18)17-14-7-9-19-12(3)10-14/h11-14H,4-10,16H2,1-3H3,(H,17,18). The molecule has 1 heterocycles. The minimum Gasteiger partial charge on any atom is -0.378 e. The van der Waals surface area contributed by atoms with E-state index >= 15 is 0 Å². The Hall–Kier alpha value is -0.610. The molecule has 19 heavy (non-hydrogen) atoms. The van der Waals surface area contributed by atoms with Crippen molar-refractivity contribution >= 4 is 5.91 Å². The molecular formula is C15H30N2O2. The van der Waals surface area contributed by atoms with Crippen molar-refractivity contribution in [1.29, 1.82) is 0 Å². The molecule has 4 heteroatoms. The van der Waals surface area contributed by atoms with Crippen LogP contribution in [0.15, 0.2) is 0 Å². The van der Waals surface area contributed by atoms with Gasteiger partial charge in [0, 0.05) is 19.1 Å². The fraction of sp³-hybridized carbons (Fsp3) is 0.933. The highest BCUT2D eigenvalue weighted by Gasteiger charge is 2.21. The first-order chi connectivity index (χ1) is 9.02. The fourth-order valence-electron chi connectivity index (χ4n) is 2.77. The second-order valence-electron chi connectivity index (χ2n) is 6.09. The maximum Gasteiger partial charge on any atom is 0.220 e. The van der Waals surface area contributed by atoms with Gasteiger partial charge in [-0.25, -0.2) is 0 Å². The van der Waals surface area contributed by atoms with Crippen molar-refractivity contribution in [3.05, 3.63) is 0 Å². The molecule has 1 fully saturated rings. The number of rotatable bonds is 7. The predicted molar refractivity (Wildman–Crippen MR) is 77.8 cm³/mol. The summed E-state index contributed by atoms with van der Waals surface area (Å²) in [6.45, 7) is 7.95. The van der Waals surface area contributed by atoms with Crippen molar-refractivity contribution in [3.8, 4) is 0 Å². The molecule has 0 saturated carbocycles. The molecule has 3 atom stereocenters. The zero-order chi connectivity index (χ0) is 14.3. The summed E-state index contributed by atoms with van der Waals surface area (Å²) in [6, 6.07) is 0.295. The molecule has 0 aromatic heterocycles. The highest BCUT2D eigenvalue weighted by Crippen LogP contribution is 2.20. The van der Waals surface area contributed by atoms with E-state index in [2.05, 4.69) is 26.1 Å². The van der Waals surface area contributed by atoms with Crippen LogP contribution in [0, 0.1) is 11.8 Å². The van der Waals surface area contributed by atoms with Crippen LogP contribution in [0.2, 0.25) is 0 Å². The van der Waals surface area contributed by atoms with Crippen LogP contribution in [-0.4, -0.2) is 31.2 Å². The average Bonchev–Trinajstić information content (AvgIpc) is 2.34. The van der Waals surface area contributed by atoms with Crippen LogP contribution in [0.1, 0.15) is 52.9 Å². The first kappa shape index (κ1) is 16.4. The van der Waals surface area contributed by atoms with Crippen molar-refractivity contribution in [2.45, 2.75) is 65.0 Å². The molecule has 0 aromatic carbocycles. The Morgan fingerprint density at radius 1 is 1.42 bits per heavy atom. The van der Waals surface area contributed by atoms with E-state index in [4.69, 9.17) is 10.5 Å². The Labute approximate surface area is 117 Å². The molecule has 3 unspecified atom stereocenters. The third kappa shape index (κ3) is 6.39. The first-order valence-electron chi connectivity index (χ1n) is 7.64. The molecular weight excluding hydrogens is 240 g/mol. The van der Waals surface area contributed by atoms with Gasteiger partial charge in [0.25, 0.3) is 0 Å². The maximum absolute atomic E-state index is 12.0. The van der Waals surface area contributed by atoms with Crippen LogP contribution in [0.3, 0.4) is 0 Å². The van der Waals surface area contributed by atoms with Crippen molar-refractivity contribution in [1.82, 2.24) is 5.32 Å². The molecule has 1 aliphatic heterocycles. The topological polar surface area (TPSA) is 64.4 Å². The van der Waals surface area contributed by atoms with E-state index in [1.807, 2.05) is 0 Å². The number of ether oxygens (including phenoxy) is 1. The van der Waals surface area contributed by atoms with Gasteiger partial charge in [-0.3, -0.25) is 4.79 Å². The second kappa shape index (κ2) is 8.54. The molecule has 1 aliphatic rings. The summed E-state index contributed by atoms with van der Waals surface area (Å²) in [7, 11) is 0. The largest absolute Gasteiger partial charge is 0.378 e. The fourth-order valence-corrected chi connectivity index (χ4v) is 2.77. The van der Waals surface area contributed by atoms with Crippen LogP contribution in [-0.2, 0) is 9.53 Å². The average molecular weight is 270 g/mol. The zero-order valence-corrected chi connectivity index (χ0v) is 12.7. The number of amides is 1. The number of carbonyl (C=O) groups is 1. The van der Waals surface area contributed by atoms with Crippen LogP contribution >= 0.6 is 0 Å². The Kier molecular flexibility index (Phi) is 7.39. The van der Waals surface area contributed by atoms with E-state index in [0.717, 1.165) is 32.3 Å².